The zero-order valence-corrected chi connectivity index (χ0v) is 13.8. The molecule has 0 bridgehead atoms. The predicted molar refractivity (Wildman–Crippen MR) is 90.5 cm³/mol. The van der Waals surface area contributed by atoms with Crippen LogP contribution in [0.1, 0.15) is 25.0 Å². The van der Waals surface area contributed by atoms with Crippen molar-refractivity contribution in [2.75, 3.05) is 13.7 Å². The maximum atomic E-state index is 12.1. The molecule has 0 radical (unpaired) electrons. The Morgan fingerprint density at radius 3 is 2.70 bits per heavy atom. The second-order valence-electron chi connectivity index (χ2n) is 5.82. The average molecular weight is 313 g/mol. The highest BCUT2D eigenvalue weighted by atomic mass is 16.5. The van der Waals surface area contributed by atoms with Crippen LogP contribution in [0.3, 0.4) is 0 Å². The van der Waals surface area contributed by atoms with Crippen LogP contribution in [0.15, 0.2) is 48.8 Å². The van der Waals surface area contributed by atoms with Crippen LogP contribution in [0.4, 0.5) is 4.79 Å². The summed E-state index contributed by atoms with van der Waals surface area (Å²) in [6.07, 6.45) is 4.29. The van der Waals surface area contributed by atoms with Crippen LogP contribution in [-0.4, -0.2) is 24.7 Å². The molecular weight excluding hydrogens is 290 g/mol. The number of nitrogens with one attached hydrogen (secondary N) is 2. The first kappa shape index (κ1) is 16.8. The van der Waals surface area contributed by atoms with Gasteiger partial charge in [0.15, 0.2) is 0 Å². The number of nitrogens with zero attached hydrogens (tertiary/aromatic N) is 1. The van der Waals surface area contributed by atoms with Crippen LogP contribution in [0.2, 0.25) is 0 Å². The quantitative estimate of drug-likeness (QED) is 0.862. The number of carbonyl (C=O) groups excluding carboxylic acids is 1. The third kappa shape index (κ3) is 4.71. The zero-order valence-electron chi connectivity index (χ0n) is 13.8. The molecule has 1 heterocycles. The Hall–Kier alpha value is -2.56. The molecule has 0 spiro atoms. The van der Waals surface area contributed by atoms with E-state index in [9.17, 15) is 4.79 Å². The fourth-order valence-corrected chi connectivity index (χ4v) is 2.42. The number of pyridine rings is 1. The Balaban J connectivity index is 1.90. The first-order chi connectivity index (χ1) is 11.0. The van der Waals surface area contributed by atoms with Gasteiger partial charge >= 0.3 is 6.03 Å². The van der Waals surface area contributed by atoms with Crippen molar-refractivity contribution in [1.29, 1.82) is 0 Å². The van der Waals surface area contributed by atoms with E-state index in [1.54, 1.807) is 19.5 Å². The van der Waals surface area contributed by atoms with Crippen molar-refractivity contribution >= 4 is 6.03 Å². The molecular formula is C18H23N3O2. The lowest BCUT2D eigenvalue weighted by Crippen LogP contribution is -2.47. The molecule has 0 aliphatic carbocycles. The number of carbonyl (C=O) groups is 1. The van der Waals surface area contributed by atoms with Crippen molar-refractivity contribution in [3.05, 3.63) is 59.9 Å². The fourth-order valence-electron chi connectivity index (χ4n) is 2.42. The molecule has 23 heavy (non-hydrogen) atoms. The molecule has 0 fully saturated rings. The molecule has 0 saturated carbocycles. The summed E-state index contributed by atoms with van der Waals surface area (Å²) in [6, 6.07) is 11.4. The summed E-state index contributed by atoms with van der Waals surface area (Å²) in [4.78, 5) is 16.2. The highest BCUT2D eigenvalue weighted by Crippen LogP contribution is 2.29. The van der Waals surface area contributed by atoms with Gasteiger partial charge in [-0.05, 0) is 38.0 Å². The summed E-state index contributed by atoms with van der Waals surface area (Å²) in [7, 11) is 1.63. The third-order valence-corrected chi connectivity index (χ3v) is 3.63. The number of para-hydroxylation sites is 1. The van der Waals surface area contributed by atoms with Crippen molar-refractivity contribution in [2.24, 2.45) is 0 Å². The lowest BCUT2D eigenvalue weighted by molar-refractivity contribution is 0.229. The molecule has 0 aliphatic heterocycles. The molecule has 0 saturated heterocycles. The highest BCUT2D eigenvalue weighted by Gasteiger charge is 2.25. The van der Waals surface area contributed by atoms with E-state index in [1.807, 2.05) is 50.2 Å². The van der Waals surface area contributed by atoms with E-state index in [2.05, 4.69) is 15.6 Å². The number of rotatable bonds is 6. The van der Waals surface area contributed by atoms with Gasteiger partial charge in [0.2, 0.25) is 0 Å². The first-order valence-corrected chi connectivity index (χ1v) is 7.61. The lowest BCUT2D eigenvalue weighted by atomic mass is 9.93. The third-order valence-electron chi connectivity index (χ3n) is 3.63. The topological polar surface area (TPSA) is 63.2 Å². The standard InChI is InChI=1S/C18H23N3O2/c1-18(2,15-8-4-5-9-16(15)23-3)21-17(22)20-12-10-14-7-6-11-19-13-14/h4-9,11,13H,10,12H2,1-3H3,(H2,20,21,22). The summed E-state index contributed by atoms with van der Waals surface area (Å²) in [5, 5.41) is 5.86. The smallest absolute Gasteiger partial charge is 0.315 e. The van der Waals surface area contributed by atoms with E-state index in [1.165, 1.54) is 0 Å². The number of hydrogen-bond donors (Lipinski definition) is 2. The summed E-state index contributed by atoms with van der Waals surface area (Å²) < 4.78 is 5.37. The molecule has 2 amide bonds. The monoisotopic (exact) mass is 313 g/mol. The first-order valence-electron chi connectivity index (χ1n) is 7.61. The van der Waals surface area contributed by atoms with Gasteiger partial charge in [0, 0.05) is 24.5 Å². The van der Waals surface area contributed by atoms with Crippen molar-refractivity contribution in [3.8, 4) is 5.75 Å². The van der Waals surface area contributed by atoms with E-state index < -0.39 is 5.54 Å². The molecule has 1 aromatic carbocycles. The molecule has 2 aromatic rings. The van der Waals surface area contributed by atoms with E-state index in [-0.39, 0.29) is 6.03 Å². The molecule has 5 nitrogen and oxygen atoms in total. The number of urea groups is 1. The van der Waals surface area contributed by atoms with Gasteiger partial charge in [0.05, 0.1) is 12.6 Å². The average Bonchev–Trinajstić information content (AvgIpc) is 2.55. The minimum atomic E-state index is -0.537. The molecule has 2 rings (SSSR count). The maximum absolute atomic E-state index is 12.1. The number of benzene rings is 1. The van der Waals surface area contributed by atoms with Gasteiger partial charge in [-0.25, -0.2) is 4.79 Å². The second-order valence-corrected chi connectivity index (χ2v) is 5.82. The Morgan fingerprint density at radius 2 is 2.00 bits per heavy atom. The molecule has 5 heteroatoms. The van der Waals surface area contributed by atoms with Crippen LogP contribution in [0.5, 0.6) is 5.75 Å². The van der Waals surface area contributed by atoms with Crippen molar-refractivity contribution in [3.63, 3.8) is 0 Å². The van der Waals surface area contributed by atoms with Crippen molar-refractivity contribution in [2.45, 2.75) is 25.8 Å². The highest BCUT2D eigenvalue weighted by molar-refractivity contribution is 5.75. The maximum Gasteiger partial charge on any atom is 0.315 e. The largest absolute Gasteiger partial charge is 0.496 e. The van der Waals surface area contributed by atoms with Crippen LogP contribution in [0, 0.1) is 0 Å². The van der Waals surface area contributed by atoms with Gasteiger partial charge in [0.25, 0.3) is 0 Å². The van der Waals surface area contributed by atoms with E-state index in [0.29, 0.717) is 6.54 Å². The van der Waals surface area contributed by atoms with Gasteiger partial charge in [-0.1, -0.05) is 24.3 Å². The molecule has 0 atom stereocenters. The summed E-state index contributed by atoms with van der Waals surface area (Å²) in [6.45, 7) is 4.45. The normalized spacial score (nSPS) is 10.9. The van der Waals surface area contributed by atoms with E-state index in [4.69, 9.17) is 4.74 Å². The molecule has 0 unspecified atom stereocenters. The van der Waals surface area contributed by atoms with Crippen molar-refractivity contribution < 1.29 is 9.53 Å². The van der Waals surface area contributed by atoms with E-state index in [0.717, 1.165) is 23.3 Å². The second kappa shape index (κ2) is 7.63. The number of methoxy groups -OCH3 is 1. The summed E-state index contributed by atoms with van der Waals surface area (Å²) in [5.74, 6) is 0.758. The number of ether oxygens (including phenoxy) is 1. The minimum absolute atomic E-state index is 0.204. The van der Waals surface area contributed by atoms with Gasteiger partial charge in [-0.3, -0.25) is 4.98 Å². The zero-order chi connectivity index (χ0) is 16.7. The Kier molecular flexibility index (Phi) is 5.57. The van der Waals surface area contributed by atoms with Gasteiger partial charge in [-0.2, -0.15) is 0 Å². The van der Waals surface area contributed by atoms with Crippen LogP contribution in [-0.2, 0) is 12.0 Å². The molecule has 0 aliphatic rings. The Bertz CT molecular complexity index is 642. The fraction of sp³-hybridized carbons (Fsp3) is 0.333. The van der Waals surface area contributed by atoms with Crippen molar-refractivity contribution in [1.82, 2.24) is 15.6 Å². The van der Waals surface area contributed by atoms with Crippen LogP contribution >= 0.6 is 0 Å². The Morgan fingerprint density at radius 1 is 1.22 bits per heavy atom. The van der Waals surface area contributed by atoms with Gasteiger partial charge in [0.1, 0.15) is 5.75 Å². The van der Waals surface area contributed by atoms with Crippen LogP contribution in [0.25, 0.3) is 0 Å². The number of aromatic nitrogens is 1. The Labute approximate surface area is 137 Å². The molecule has 1 aromatic heterocycles. The minimum Gasteiger partial charge on any atom is -0.496 e. The SMILES string of the molecule is COc1ccccc1C(C)(C)NC(=O)NCCc1cccnc1. The van der Waals surface area contributed by atoms with Gasteiger partial charge in [-0.15, -0.1) is 0 Å². The predicted octanol–water partition coefficient (Wildman–Crippen LogP) is 2.87. The van der Waals surface area contributed by atoms with E-state index >= 15 is 0 Å². The van der Waals surface area contributed by atoms with Gasteiger partial charge < -0.3 is 15.4 Å². The summed E-state index contributed by atoms with van der Waals surface area (Å²) >= 11 is 0. The molecule has 122 valence electrons. The summed E-state index contributed by atoms with van der Waals surface area (Å²) in [5.41, 5.74) is 1.49. The number of amides is 2. The lowest BCUT2D eigenvalue weighted by Gasteiger charge is -2.28. The number of hydrogen-bond acceptors (Lipinski definition) is 3. The van der Waals surface area contributed by atoms with Crippen LogP contribution < -0.4 is 15.4 Å². The molecule has 2 N–H and O–H groups in total.